The summed E-state index contributed by atoms with van der Waals surface area (Å²) in [4.78, 5) is 25.6. The number of amides is 1. The van der Waals surface area contributed by atoms with Crippen molar-refractivity contribution >= 4 is 17.5 Å². The SMILES string of the molecule is COc1ccc(-c2cnc3ncnn3c2N2CCCN(C(=O)c3ccccc3F)CC2)cc1. The van der Waals surface area contributed by atoms with E-state index < -0.39 is 5.82 Å². The highest BCUT2D eigenvalue weighted by molar-refractivity contribution is 5.94. The number of benzene rings is 2. The molecule has 0 aliphatic carbocycles. The zero-order chi connectivity index (χ0) is 22.8. The van der Waals surface area contributed by atoms with Crippen LogP contribution in [0.4, 0.5) is 10.2 Å². The summed E-state index contributed by atoms with van der Waals surface area (Å²) in [5.74, 6) is 1.36. The monoisotopic (exact) mass is 446 g/mol. The zero-order valence-corrected chi connectivity index (χ0v) is 18.2. The van der Waals surface area contributed by atoms with Crippen molar-refractivity contribution in [3.63, 3.8) is 0 Å². The number of anilines is 1. The number of fused-ring (bicyclic) bond motifs is 1. The first kappa shape index (κ1) is 20.9. The van der Waals surface area contributed by atoms with Crippen molar-refractivity contribution in [1.29, 1.82) is 0 Å². The molecule has 9 heteroatoms. The maximum Gasteiger partial charge on any atom is 0.256 e. The van der Waals surface area contributed by atoms with Crippen LogP contribution in [-0.4, -0.2) is 63.7 Å². The lowest BCUT2D eigenvalue weighted by atomic mass is 10.1. The molecule has 0 N–H and O–H groups in total. The van der Waals surface area contributed by atoms with E-state index in [4.69, 9.17) is 4.74 Å². The van der Waals surface area contributed by atoms with Gasteiger partial charge in [-0.1, -0.05) is 24.3 Å². The lowest BCUT2D eigenvalue weighted by Gasteiger charge is -2.26. The van der Waals surface area contributed by atoms with Crippen LogP contribution in [0.2, 0.25) is 0 Å². The van der Waals surface area contributed by atoms with Crippen LogP contribution in [-0.2, 0) is 0 Å². The normalized spacial score (nSPS) is 14.4. The molecule has 0 saturated carbocycles. The van der Waals surface area contributed by atoms with Crippen LogP contribution in [0.1, 0.15) is 16.8 Å². The van der Waals surface area contributed by atoms with Gasteiger partial charge in [0.05, 0.1) is 12.7 Å². The Kier molecular flexibility index (Phi) is 5.60. The number of hydrogen-bond acceptors (Lipinski definition) is 6. The first-order valence-electron chi connectivity index (χ1n) is 10.8. The third-order valence-electron chi connectivity index (χ3n) is 5.87. The summed E-state index contributed by atoms with van der Waals surface area (Å²) in [6.45, 7) is 2.30. The van der Waals surface area contributed by atoms with Crippen molar-refractivity contribution in [1.82, 2.24) is 24.5 Å². The second kappa shape index (κ2) is 8.85. The molecule has 33 heavy (non-hydrogen) atoms. The maximum atomic E-state index is 14.2. The summed E-state index contributed by atoms with van der Waals surface area (Å²) < 4.78 is 21.2. The summed E-state index contributed by atoms with van der Waals surface area (Å²) in [6.07, 6.45) is 4.02. The Morgan fingerprint density at radius 3 is 2.61 bits per heavy atom. The highest BCUT2D eigenvalue weighted by Gasteiger charge is 2.25. The average Bonchev–Trinajstić information content (AvgIpc) is 3.20. The number of ether oxygens (including phenoxy) is 1. The van der Waals surface area contributed by atoms with Crippen LogP contribution in [0.3, 0.4) is 0 Å². The van der Waals surface area contributed by atoms with E-state index in [2.05, 4.69) is 20.0 Å². The molecular weight excluding hydrogens is 423 g/mol. The van der Waals surface area contributed by atoms with E-state index >= 15 is 0 Å². The van der Waals surface area contributed by atoms with Crippen LogP contribution in [0.5, 0.6) is 5.75 Å². The molecular formula is C24H23FN6O2. The summed E-state index contributed by atoms with van der Waals surface area (Å²) in [5.41, 5.74) is 1.98. The topological polar surface area (TPSA) is 75.9 Å². The molecule has 0 unspecified atom stereocenters. The summed E-state index contributed by atoms with van der Waals surface area (Å²) in [6, 6.07) is 13.9. The molecule has 5 rings (SSSR count). The standard InChI is InChI=1S/C24H23FN6O2/c1-33-18-9-7-17(8-10-18)20-15-26-24-27-16-28-31(24)22(20)29-11-4-12-30(14-13-29)23(32)19-5-2-3-6-21(19)25/h2-3,5-10,15-16H,4,11-14H2,1H3. The van der Waals surface area contributed by atoms with Gasteiger partial charge >= 0.3 is 0 Å². The Morgan fingerprint density at radius 2 is 1.82 bits per heavy atom. The van der Waals surface area contributed by atoms with Crippen molar-refractivity contribution in [3.8, 4) is 16.9 Å². The number of methoxy groups -OCH3 is 1. The number of carbonyl (C=O) groups is 1. The first-order valence-corrected chi connectivity index (χ1v) is 10.8. The maximum absolute atomic E-state index is 14.2. The molecule has 2 aromatic heterocycles. The van der Waals surface area contributed by atoms with Gasteiger partial charge in [0.2, 0.25) is 0 Å². The highest BCUT2D eigenvalue weighted by Crippen LogP contribution is 2.32. The minimum atomic E-state index is -0.496. The van der Waals surface area contributed by atoms with Gasteiger partial charge < -0.3 is 14.5 Å². The van der Waals surface area contributed by atoms with Crippen LogP contribution in [0, 0.1) is 5.82 Å². The molecule has 0 radical (unpaired) electrons. The van der Waals surface area contributed by atoms with E-state index in [9.17, 15) is 9.18 Å². The summed E-state index contributed by atoms with van der Waals surface area (Å²) in [7, 11) is 1.63. The van der Waals surface area contributed by atoms with Gasteiger partial charge in [0.1, 0.15) is 23.7 Å². The smallest absolute Gasteiger partial charge is 0.256 e. The van der Waals surface area contributed by atoms with Crippen LogP contribution >= 0.6 is 0 Å². The molecule has 3 heterocycles. The molecule has 1 aliphatic heterocycles. The van der Waals surface area contributed by atoms with Crippen molar-refractivity contribution < 1.29 is 13.9 Å². The zero-order valence-electron chi connectivity index (χ0n) is 18.2. The van der Waals surface area contributed by atoms with Gasteiger partial charge in [-0.15, -0.1) is 0 Å². The van der Waals surface area contributed by atoms with Crippen LogP contribution in [0.25, 0.3) is 16.9 Å². The predicted octanol–water partition coefficient (Wildman–Crippen LogP) is 3.29. The Morgan fingerprint density at radius 1 is 1.00 bits per heavy atom. The molecule has 1 saturated heterocycles. The molecule has 0 atom stereocenters. The van der Waals surface area contributed by atoms with Gasteiger partial charge in [-0.05, 0) is 36.2 Å². The number of aromatic nitrogens is 4. The van der Waals surface area contributed by atoms with E-state index in [0.717, 1.165) is 29.1 Å². The van der Waals surface area contributed by atoms with Gasteiger partial charge in [0.25, 0.3) is 11.7 Å². The van der Waals surface area contributed by atoms with E-state index in [1.807, 2.05) is 24.3 Å². The third-order valence-corrected chi connectivity index (χ3v) is 5.87. The van der Waals surface area contributed by atoms with E-state index in [-0.39, 0.29) is 11.5 Å². The quantitative estimate of drug-likeness (QED) is 0.479. The van der Waals surface area contributed by atoms with E-state index in [1.165, 1.54) is 18.5 Å². The Bertz CT molecular complexity index is 1290. The van der Waals surface area contributed by atoms with Crippen molar-refractivity contribution in [3.05, 3.63) is 72.4 Å². The molecule has 8 nitrogen and oxygen atoms in total. The lowest BCUT2D eigenvalue weighted by Crippen LogP contribution is -2.36. The van der Waals surface area contributed by atoms with Gasteiger partial charge in [-0.25, -0.2) is 9.37 Å². The van der Waals surface area contributed by atoms with Crippen molar-refractivity contribution in [2.45, 2.75) is 6.42 Å². The fraction of sp³-hybridized carbons (Fsp3) is 0.250. The second-order valence-electron chi connectivity index (χ2n) is 7.81. The number of halogens is 1. The minimum Gasteiger partial charge on any atom is -0.497 e. The molecule has 0 spiro atoms. The van der Waals surface area contributed by atoms with Crippen LogP contribution < -0.4 is 9.64 Å². The Labute approximate surface area is 190 Å². The molecule has 1 fully saturated rings. The van der Waals surface area contributed by atoms with E-state index in [0.29, 0.717) is 32.0 Å². The largest absolute Gasteiger partial charge is 0.497 e. The van der Waals surface area contributed by atoms with E-state index in [1.54, 1.807) is 34.9 Å². The third kappa shape index (κ3) is 3.97. The van der Waals surface area contributed by atoms with Gasteiger partial charge in [0, 0.05) is 37.9 Å². The second-order valence-corrected chi connectivity index (χ2v) is 7.81. The Balaban J connectivity index is 1.47. The average molecular weight is 446 g/mol. The highest BCUT2D eigenvalue weighted by atomic mass is 19.1. The molecule has 1 aliphatic rings. The molecule has 1 amide bonds. The molecule has 2 aromatic carbocycles. The summed E-state index contributed by atoms with van der Waals surface area (Å²) >= 11 is 0. The Hall–Kier alpha value is -4.01. The van der Waals surface area contributed by atoms with Gasteiger partial charge in [-0.2, -0.15) is 14.6 Å². The predicted molar refractivity (Wildman–Crippen MR) is 122 cm³/mol. The minimum absolute atomic E-state index is 0.104. The molecule has 0 bridgehead atoms. The fourth-order valence-electron chi connectivity index (χ4n) is 4.18. The van der Waals surface area contributed by atoms with Gasteiger partial charge in [-0.3, -0.25) is 4.79 Å². The molecule has 4 aromatic rings. The first-order chi connectivity index (χ1) is 16.2. The number of hydrogen-bond donors (Lipinski definition) is 0. The number of carbonyl (C=O) groups excluding carboxylic acids is 1. The number of nitrogens with zero attached hydrogens (tertiary/aromatic N) is 6. The number of rotatable bonds is 4. The van der Waals surface area contributed by atoms with Crippen molar-refractivity contribution in [2.75, 3.05) is 38.2 Å². The van der Waals surface area contributed by atoms with Gasteiger partial charge in [0.15, 0.2) is 0 Å². The fourth-order valence-corrected chi connectivity index (χ4v) is 4.18. The lowest BCUT2D eigenvalue weighted by molar-refractivity contribution is 0.0762. The summed E-state index contributed by atoms with van der Waals surface area (Å²) in [5, 5.41) is 4.40. The molecule has 168 valence electrons. The van der Waals surface area contributed by atoms with Crippen molar-refractivity contribution in [2.24, 2.45) is 0 Å². The van der Waals surface area contributed by atoms with Crippen LogP contribution in [0.15, 0.2) is 61.1 Å².